The largest absolute Gasteiger partial charge is 0.336 e. The number of hydrogen-bond acceptors (Lipinski definition) is 3. The second kappa shape index (κ2) is 7.42. The lowest BCUT2D eigenvalue weighted by molar-refractivity contribution is 0.251. The van der Waals surface area contributed by atoms with Gasteiger partial charge in [0.25, 0.3) is 5.56 Å². The maximum Gasteiger partial charge on any atom is 0.319 e. The van der Waals surface area contributed by atoms with Crippen LogP contribution >= 0.6 is 0 Å². The van der Waals surface area contributed by atoms with Crippen LogP contribution in [0.25, 0.3) is 0 Å². The third-order valence-electron chi connectivity index (χ3n) is 4.08. The lowest BCUT2D eigenvalue weighted by Crippen LogP contribution is -2.35. The van der Waals surface area contributed by atoms with Gasteiger partial charge in [0.1, 0.15) is 17.3 Å². The molecule has 1 aliphatic rings. The van der Waals surface area contributed by atoms with E-state index in [-0.39, 0.29) is 18.6 Å². The standard InChI is InChI=1S/C17H18F2N4O2/c18-12-5-3-6-13(19)16(12)21-17(25)20-8-9-23-15(24)10-11-4-1-2-7-14(11)22-23/h3,5-6,10H,1-2,4,7-9H2,(H2,20,21,25). The van der Waals surface area contributed by atoms with Crippen molar-refractivity contribution in [2.45, 2.75) is 32.2 Å². The molecule has 1 aliphatic carbocycles. The third kappa shape index (κ3) is 4.01. The molecule has 25 heavy (non-hydrogen) atoms. The maximum atomic E-state index is 13.5. The molecule has 0 saturated carbocycles. The van der Waals surface area contributed by atoms with E-state index in [0.29, 0.717) is 0 Å². The molecule has 0 bridgehead atoms. The van der Waals surface area contributed by atoms with Gasteiger partial charge in [-0.15, -0.1) is 0 Å². The molecule has 2 amide bonds. The van der Waals surface area contributed by atoms with Crippen molar-refractivity contribution in [2.24, 2.45) is 0 Å². The number of para-hydroxylation sites is 1. The Balaban J connectivity index is 1.58. The summed E-state index contributed by atoms with van der Waals surface area (Å²) in [5.74, 6) is -1.72. The summed E-state index contributed by atoms with van der Waals surface area (Å²) in [5, 5.41) is 8.91. The minimum absolute atomic E-state index is 0.105. The highest BCUT2D eigenvalue weighted by atomic mass is 19.1. The van der Waals surface area contributed by atoms with Crippen molar-refractivity contribution >= 4 is 11.7 Å². The van der Waals surface area contributed by atoms with Crippen LogP contribution in [0.5, 0.6) is 0 Å². The van der Waals surface area contributed by atoms with E-state index in [1.807, 2.05) is 0 Å². The highest BCUT2D eigenvalue weighted by Gasteiger charge is 2.14. The number of fused-ring (bicyclic) bond motifs is 1. The van der Waals surface area contributed by atoms with Crippen LogP contribution in [-0.2, 0) is 19.4 Å². The van der Waals surface area contributed by atoms with Crippen LogP contribution in [0.3, 0.4) is 0 Å². The lowest BCUT2D eigenvalue weighted by Gasteiger charge is -2.16. The molecule has 8 heteroatoms. The number of urea groups is 1. The van der Waals surface area contributed by atoms with Gasteiger partial charge in [0.15, 0.2) is 0 Å². The fourth-order valence-electron chi connectivity index (χ4n) is 2.81. The summed E-state index contributed by atoms with van der Waals surface area (Å²) < 4.78 is 28.2. The summed E-state index contributed by atoms with van der Waals surface area (Å²) >= 11 is 0. The first-order chi connectivity index (χ1) is 12.0. The summed E-state index contributed by atoms with van der Waals surface area (Å²) in [5.41, 5.74) is 1.18. The molecule has 0 aliphatic heterocycles. The summed E-state index contributed by atoms with van der Waals surface area (Å²) in [6.45, 7) is 0.285. The van der Waals surface area contributed by atoms with E-state index in [0.717, 1.165) is 49.1 Å². The van der Waals surface area contributed by atoms with Crippen LogP contribution in [0.2, 0.25) is 0 Å². The van der Waals surface area contributed by atoms with E-state index in [4.69, 9.17) is 0 Å². The number of carbonyl (C=O) groups is 1. The maximum absolute atomic E-state index is 13.5. The van der Waals surface area contributed by atoms with Gasteiger partial charge in [-0.25, -0.2) is 18.3 Å². The molecule has 2 N–H and O–H groups in total. The van der Waals surface area contributed by atoms with Crippen molar-refractivity contribution in [3.05, 3.63) is 57.5 Å². The molecule has 1 heterocycles. The number of nitrogens with one attached hydrogen (secondary N) is 2. The number of rotatable bonds is 4. The Labute approximate surface area is 142 Å². The minimum Gasteiger partial charge on any atom is -0.336 e. The van der Waals surface area contributed by atoms with Gasteiger partial charge < -0.3 is 10.6 Å². The summed E-state index contributed by atoms with van der Waals surface area (Å²) in [6.07, 6.45) is 3.82. The zero-order valence-electron chi connectivity index (χ0n) is 13.5. The molecule has 6 nitrogen and oxygen atoms in total. The Hall–Kier alpha value is -2.77. The highest BCUT2D eigenvalue weighted by Crippen LogP contribution is 2.18. The van der Waals surface area contributed by atoms with Crippen LogP contribution in [-0.4, -0.2) is 22.4 Å². The molecule has 132 valence electrons. The number of hydrogen-bond donors (Lipinski definition) is 2. The third-order valence-corrected chi connectivity index (χ3v) is 4.08. The smallest absolute Gasteiger partial charge is 0.319 e. The number of aromatic nitrogens is 2. The Bertz CT molecular complexity index is 831. The van der Waals surface area contributed by atoms with Crippen LogP contribution < -0.4 is 16.2 Å². The summed E-state index contributed by atoms with van der Waals surface area (Å²) in [7, 11) is 0. The first-order valence-corrected chi connectivity index (χ1v) is 8.13. The molecule has 1 aromatic heterocycles. The Morgan fingerprint density at radius 1 is 1.20 bits per heavy atom. The van der Waals surface area contributed by atoms with Crippen LogP contribution in [0, 0.1) is 11.6 Å². The Morgan fingerprint density at radius 3 is 2.68 bits per heavy atom. The van der Waals surface area contributed by atoms with Gasteiger partial charge in [0.2, 0.25) is 0 Å². The average Bonchev–Trinajstić information content (AvgIpc) is 2.59. The molecule has 2 aromatic rings. The van der Waals surface area contributed by atoms with Gasteiger partial charge in [-0.1, -0.05) is 6.07 Å². The molecule has 0 spiro atoms. The predicted octanol–water partition coefficient (Wildman–Crippen LogP) is 2.22. The van der Waals surface area contributed by atoms with Gasteiger partial charge in [-0.3, -0.25) is 4.79 Å². The zero-order chi connectivity index (χ0) is 17.8. The first-order valence-electron chi connectivity index (χ1n) is 8.13. The normalized spacial score (nSPS) is 13.2. The molecule has 0 saturated heterocycles. The second-order valence-corrected chi connectivity index (χ2v) is 5.86. The fraction of sp³-hybridized carbons (Fsp3) is 0.353. The molecular weight excluding hydrogens is 330 g/mol. The Kier molecular flexibility index (Phi) is 5.06. The monoisotopic (exact) mass is 348 g/mol. The van der Waals surface area contributed by atoms with E-state index < -0.39 is 23.4 Å². The van der Waals surface area contributed by atoms with E-state index in [1.54, 1.807) is 6.07 Å². The lowest BCUT2D eigenvalue weighted by atomic mass is 9.97. The number of benzene rings is 1. The summed E-state index contributed by atoms with van der Waals surface area (Å²) in [6, 6.07) is 4.15. The van der Waals surface area contributed by atoms with E-state index >= 15 is 0 Å². The van der Waals surface area contributed by atoms with E-state index in [9.17, 15) is 18.4 Å². The van der Waals surface area contributed by atoms with Gasteiger partial charge in [-0.05, 0) is 43.4 Å². The van der Waals surface area contributed by atoms with Crippen molar-refractivity contribution in [2.75, 3.05) is 11.9 Å². The topological polar surface area (TPSA) is 76.0 Å². The quantitative estimate of drug-likeness (QED) is 0.890. The number of nitrogens with zero attached hydrogens (tertiary/aromatic N) is 2. The van der Waals surface area contributed by atoms with Gasteiger partial charge in [-0.2, -0.15) is 5.10 Å². The molecular formula is C17H18F2N4O2. The number of amides is 2. The van der Waals surface area contributed by atoms with Crippen molar-refractivity contribution in [3.8, 4) is 0 Å². The molecule has 0 radical (unpaired) electrons. The number of carbonyl (C=O) groups excluding carboxylic acids is 1. The van der Waals surface area contributed by atoms with Crippen LogP contribution in [0.15, 0.2) is 29.1 Å². The van der Waals surface area contributed by atoms with E-state index in [1.165, 1.54) is 10.7 Å². The number of halogens is 2. The molecule has 0 fully saturated rings. The summed E-state index contributed by atoms with van der Waals surface area (Å²) in [4.78, 5) is 23.8. The molecule has 1 aromatic carbocycles. The van der Waals surface area contributed by atoms with Gasteiger partial charge in [0.05, 0.1) is 12.2 Å². The average molecular weight is 348 g/mol. The molecule has 0 atom stereocenters. The van der Waals surface area contributed by atoms with Crippen LogP contribution in [0.1, 0.15) is 24.1 Å². The second-order valence-electron chi connectivity index (χ2n) is 5.86. The number of anilines is 1. The first kappa shape index (κ1) is 17.1. The van der Waals surface area contributed by atoms with Gasteiger partial charge in [0, 0.05) is 12.6 Å². The molecule has 0 unspecified atom stereocenters. The van der Waals surface area contributed by atoms with Crippen molar-refractivity contribution < 1.29 is 13.6 Å². The van der Waals surface area contributed by atoms with Crippen molar-refractivity contribution in [1.29, 1.82) is 0 Å². The SMILES string of the molecule is O=C(NCCn1nc2c(cc1=O)CCCC2)Nc1c(F)cccc1F. The van der Waals surface area contributed by atoms with Crippen molar-refractivity contribution in [1.82, 2.24) is 15.1 Å². The minimum atomic E-state index is -0.859. The van der Waals surface area contributed by atoms with Gasteiger partial charge >= 0.3 is 6.03 Å². The number of aryl methyl sites for hydroxylation is 2. The molecule has 3 rings (SSSR count). The van der Waals surface area contributed by atoms with E-state index in [2.05, 4.69) is 15.7 Å². The van der Waals surface area contributed by atoms with Crippen molar-refractivity contribution in [3.63, 3.8) is 0 Å². The Morgan fingerprint density at radius 2 is 1.92 bits per heavy atom. The zero-order valence-corrected chi connectivity index (χ0v) is 13.5. The predicted molar refractivity (Wildman–Crippen MR) is 88.5 cm³/mol. The highest BCUT2D eigenvalue weighted by molar-refractivity contribution is 5.89. The fourth-order valence-corrected chi connectivity index (χ4v) is 2.81. The van der Waals surface area contributed by atoms with Crippen LogP contribution in [0.4, 0.5) is 19.3 Å².